The SMILES string of the molecule is N#Cc1cc(Br)ccc1NC(=O)c1csc(Br)c1. The van der Waals surface area contributed by atoms with E-state index in [1.165, 1.54) is 11.3 Å². The van der Waals surface area contributed by atoms with Gasteiger partial charge in [0.15, 0.2) is 0 Å². The molecule has 90 valence electrons. The van der Waals surface area contributed by atoms with Crippen LogP contribution in [-0.4, -0.2) is 5.91 Å². The highest BCUT2D eigenvalue weighted by molar-refractivity contribution is 9.11. The second-order valence-corrected chi connectivity index (χ2v) is 6.60. The molecule has 0 fully saturated rings. The van der Waals surface area contributed by atoms with Crippen LogP contribution in [-0.2, 0) is 0 Å². The molecule has 0 aliphatic heterocycles. The van der Waals surface area contributed by atoms with Crippen LogP contribution in [0.3, 0.4) is 0 Å². The van der Waals surface area contributed by atoms with Gasteiger partial charge in [-0.15, -0.1) is 11.3 Å². The first-order chi connectivity index (χ1) is 8.60. The van der Waals surface area contributed by atoms with Crippen molar-refractivity contribution in [3.8, 4) is 6.07 Å². The van der Waals surface area contributed by atoms with Gasteiger partial charge in [0.1, 0.15) is 6.07 Å². The number of hydrogen-bond donors (Lipinski definition) is 1. The topological polar surface area (TPSA) is 52.9 Å². The van der Waals surface area contributed by atoms with Gasteiger partial charge in [-0.05, 0) is 40.2 Å². The molecule has 0 bridgehead atoms. The van der Waals surface area contributed by atoms with E-state index in [1.54, 1.807) is 29.6 Å². The van der Waals surface area contributed by atoms with Crippen LogP contribution in [0, 0.1) is 11.3 Å². The number of benzene rings is 1. The summed E-state index contributed by atoms with van der Waals surface area (Å²) < 4.78 is 1.69. The maximum absolute atomic E-state index is 11.9. The van der Waals surface area contributed by atoms with Crippen LogP contribution in [0.15, 0.2) is 37.9 Å². The minimum Gasteiger partial charge on any atom is -0.321 e. The number of nitrogens with one attached hydrogen (secondary N) is 1. The second-order valence-electron chi connectivity index (χ2n) is 3.40. The van der Waals surface area contributed by atoms with Gasteiger partial charge >= 0.3 is 0 Å². The Morgan fingerprint density at radius 2 is 2.11 bits per heavy atom. The monoisotopic (exact) mass is 384 g/mol. The molecule has 2 rings (SSSR count). The Morgan fingerprint density at radius 3 is 2.72 bits per heavy atom. The molecular formula is C12H6Br2N2OS. The molecule has 2 aromatic rings. The largest absolute Gasteiger partial charge is 0.321 e. The molecular weight excluding hydrogens is 380 g/mol. The van der Waals surface area contributed by atoms with Gasteiger partial charge in [0.2, 0.25) is 0 Å². The molecule has 0 aliphatic carbocycles. The van der Waals surface area contributed by atoms with Crippen molar-refractivity contribution in [1.29, 1.82) is 5.26 Å². The van der Waals surface area contributed by atoms with Gasteiger partial charge in [-0.1, -0.05) is 15.9 Å². The minimum atomic E-state index is -0.226. The van der Waals surface area contributed by atoms with Crippen LogP contribution < -0.4 is 5.32 Å². The number of carbonyl (C=O) groups excluding carboxylic acids is 1. The fourth-order valence-corrected chi connectivity index (χ4v) is 2.84. The summed E-state index contributed by atoms with van der Waals surface area (Å²) in [5.74, 6) is -0.226. The van der Waals surface area contributed by atoms with Crippen molar-refractivity contribution >= 4 is 54.8 Å². The summed E-state index contributed by atoms with van der Waals surface area (Å²) in [6.45, 7) is 0. The van der Waals surface area contributed by atoms with E-state index in [4.69, 9.17) is 5.26 Å². The number of carbonyl (C=O) groups is 1. The Labute approximate surface area is 125 Å². The Bertz CT molecular complexity index is 646. The normalized spacial score (nSPS) is 9.83. The molecule has 18 heavy (non-hydrogen) atoms. The lowest BCUT2D eigenvalue weighted by Crippen LogP contribution is -2.11. The highest BCUT2D eigenvalue weighted by atomic mass is 79.9. The highest BCUT2D eigenvalue weighted by Crippen LogP contribution is 2.24. The van der Waals surface area contributed by atoms with Crippen molar-refractivity contribution in [2.24, 2.45) is 0 Å². The van der Waals surface area contributed by atoms with Crippen molar-refractivity contribution in [3.05, 3.63) is 49.0 Å². The van der Waals surface area contributed by atoms with Crippen molar-refractivity contribution in [1.82, 2.24) is 0 Å². The highest BCUT2D eigenvalue weighted by Gasteiger charge is 2.10. The zero-order valence-corrected chi connectivity index (χ0v) is 12.9. The summed E-state index contributed by atoms with van der Waals surface area (Å²) in [6.07, 6.45) is 0. The molecule has 1 aromatic carbocycles. The van der Waals surface area contributed by atoms with E-state index in [0.29, 0.717) is 16.8 Å². The first-order valence-corrected chi connectivity index (χ1v) is 7.32. The zero-order chi connectivity index (χ0) is 13.1. The van der Waals surface area contributed by atoms with Gasteiger partial charge < -0.3 is 5.32 Å². The summed E-state index contributed by atoms with van der Waals surface area (Å²) in [5, 5.41) is 13.5. The number of nitriles is 1. The van der Waals surface area contributed by atoms with Crippen molar-refractivity contribution < 1.29 is 4.79 Å². The molecule has 1 N–H and O–H groups in total. The van der Waals surface area contributed by atoms with E-state index in [1.807, 2.05) is 6.07 Å². The summed E-state index contributed by atoms with van der Waals surface area (Å²) >= 11 is 8.03. The van der Waals surface area contributed by atoms with Crippen LogP contribution in [0.5, 0.6) is 0 Å². The molecule has 0 aliphatic rings. The van der Waals surface area contributed by atoms with Gasteiger partial charge in [0.05, 0.1) is 20.6 Å². The van der Waals surface area contributed by atoms with E-state index in [9.17, 15) is 4.79 Å². The molecule has 6 heteroatoms. The maximum atomic E-state index is 11.9. The molecule has 3 nitrogen and oxygen atoms in total. The van der Waals surface area contributed by atoms with Crippen LogP contribution in [0.4, 0.5) is 5.69 Å². The summed E-state index contributed by atoms with van der Waals surface area (Å²) in [4.78, 5) is 11.9. The third-order valence-electron chi connectivity index (χ3n) is 2.18. The Morgan fingerprint density at radius 1 is 1.33 bits per heavy atom. The predicted molar refractivity (Wildman–Crippen MR) is 78.8 cm³/mol. The zero-order valence-electron chi connectivity index (χ0n) is 8.91. The van der Waals surface area contributed by atoms with Crippen molar-refractivity contribution in [2.45, 2.75) is 0 Å². The van der Waals surface area contributed by atoms with E-state index in [0.717, 1.165) is 8.26 Å². The lowest BCUT2D eigenvalue weighted by Gasteiger charge is -2.06. The molecule has 0 saturated carbocycles. The second kappa shape index (κ2) is 5.65. The van der Waals surface area contributed by atoms with E-state index >= 15 is 0 Å². The average molecular weight is 386 g/mol. The predicted octanol–water partition coefficient (Wildman–Crippen LogP) is 4.40. The number of hydrogen-bond acceptors (Lipinski definition) is 3. The van der Waals surface area contributed by atoms with E-state index in [2.05, 4.69) is 37.2 Å². The lowest BCUT2D eigenvalue weighted by atomic mass is 10.2. The third kappa shape index (κ3) is 2.99. The molecule has 0 saturated heterocycles. The Hall–Kier alpha value is -1.16. The van der Waals surface area contributed by atoms with Crippen LogP contribution in [0.25, 0.3) is 0 Å². The Balaban J connectivity index is 2.25. The van der Waals surface area contributed by atoms with Gasteiger partial charge in [-0.25, -0.2) is 0 Å². The van der Waals surface area contributed by atoms with Crippen molar-refractivity contribution in [2.75, 3.05) is 5.32 Å². The van der Waals surface area contributed by atoms with Crippen LogP contribution in [0.2, 0.25) is 0 Å². The standard InChI is InChI=1S/C12H6Br2N2OS/c13-9-1-2-10(7(3-9)5-15)16-12(17)8-4-11(14)18-6-8/h1-4,6H,(H,16,17). The molecule has 1 heterocycles. The number of rotatable bonds is 2. The first kappa shape index (κ1) is 13.3. The number of amides is 1. The quantitative estimate of drug-likeness (QED) is 0.832. The van der Waals surface area contributed by atoms with Crippen LogP contribution in [0.1, 0.15) is 15.9 Å². The van der Waals surface area contributed by atoms with E-state index < -0.39 is 0 Å². The molecule has 0 spiro atoms. The summed E-state index contributed by atoms with van der Waals surface area (Å²) in [5.41, 5.74) is 1.50. The minimum absolute atomic E-state index is 0.226. The molecule has 1 aromatic heterocycles. The summed E-state index contributed by atoms with van der Waals surface area (Å²) in [6, 6.07) is 8.93. The van der Waals surface area contributed by atoms with Gasteiger partial charge in [-0.2, -0.15) is 5.26 Å². The summed E-state index contributed by atoms with van der Waals surface area (Å²) in [7, 11) is 0. The average Bonchev–Trinajstić information content (AvgIpc) is 2.78. The fourth-order valence-electron chi connectivity index (χ4n) is 1.34. The molecule has 0 atom stereocenters. The first-order valence-electron chi connectivity index (χ1n) is 4.85. The van der Waals surface area contributed by atoms with Gasteiger partial charge in [0.25, 0.3) is 5.91 Å². The molecule has 1 amide bonds. The maximum Gasteiger partial charge on any atom is 0.256 e. The van der Waals surface area contributed by atoms with Gasteiger partial charge in [0, 0.05) is 9.85 Å². The lowest BCUT2D eigenvalue weighted by molar-refractivity contribution is 0.102. The Kier molecular flexibility index (Phi) is 4.17. The van der Waals surface area contributed by atoms with Crippen molar-refractivity contribution in [3.63, 3.8) is 0 Å². The fraction of sp³-hybridized carbons (Fsp3) is 0. The van der Waals surface area contributed by atoms with Crippen LogP contribution >= 0.6 is 43.2 Å². The molecule has 0 unspecified atom stereocenters. The van der Waals surface area contributed by atoms with E-state index in [-0.39, 0.29) is 5.91 Å². The number of thiophene rings is 1. The smallest absolute Gasteiger partial charge is 0.256 e. The van der Waals surface area contributed by atoms with Gasteiger partial charge in [-0.3, -0.25) is 4.79 Å². The third-order valence-corrected chi connectivity index (χ3v) is 4.18. The number of halogens is 2. The number of nitrogens with zero attached hydrogens (tertiary/aromatic N) is 1. The number of anilines is 1. The molecule has 0 radical (unpaired) electrons.